The summed E-state index contributed by atoms with van der Waals surface area (Å²) in [5.41, 5.74) is 0.881. The average Bonchev–Trinajstić information content (AvgIpc) is 2.77. The molecule has 1 saturated heterocycles. The predicted molar refractivity (Wildman–Crippen MR) is 80.6 cm³/mol. The van der Waals surface area contributed by atoms with Gasteiger partial charge in [0.2, 0.25) is 0 Å². The molecule has 1 fully saturated rings. The second-order valence-corrected chi connectivity index (χ2v) is 6.78. The van der Waals surface area contributed by atoms with Crippen LogP contribution in [0.4, 0.5) is 0 Å². The number of thiophene rings is 1. The van der Waals surface area contributed by atoms with Crippen LogP contribution in [0, 0.1) is 13.8 Å². The van der Waals surface area contributed by atoms with E-state index in [1.165, 1.54) is 4.88 Å². The smallest absolute Gasteiger partial charge is 0.177 e. The fraction of sp³-hybridized carbons (Fsp3) is 0.667. The topological polar surface area (TPSA) is 49.8 Å². The van der Waals surface area contributed by atoms with Crippen LogP contribution in [0.3, 0.4) is 0 Å². The first-order valence-electron chi connectivity index (χ1n) is 7.15. The molecule has 0 bridgehead atoms. The molecular weight excluding hydrogens is 274 g/mol. The average molecular weight is 297 g/mol. The molecule has 0 saturated carbocycles. The second-order valence-electron chi connectivity index (χ2n) is 5.32. The first kappa shape index (κ1) is 15.6. The molecule has 0 aliphatic carbocycles. The Labute approximate surface area is 124 Å². The minimum atomic E-state index is 0.0789. The fourth-order valence-electron chi connectivity index (χ4n) is 2.65. The van der Waals surface area contributed by atoms with E-state index in [0.29, 0.717) is 13.2 Å². The maximum absolute atomic E-state index is 12.3. The standard InChI is InChI=1S/C15H23NO3S/c1-11-9-14(12(2)20-11)15(18)10-16-5-3-13(4-6-16)19-8-7-17/h9,13,17H,3-8,10H2,1-2H3. The Hall–Kier alpha value is -0.750. The predicted octanol–water partition coefficient (Wildman–Crippen LogP) is 2.02. The third kappa shape index (κ3) is 4.12. The molecule has 4 nitrogen and oxygen atoms in total. The van der Waals surface area contributed by atoms with Crippen LogP contribution in [0.1, 0.15) is 33.0 Å². The van der Waals surface area contributed by atoms with Gasteiger partial charge in [-0.1, -0.05) is 0 Å². The van der Waals surface area contributed by atoms with Gasteiger partial charge in [-0.05, 0) is 32.8 Å². The third-order valence-corrected chi connectivity index (χ3v) is 4.65. The molecule has 5 heteroatoms. The summed E-state index contributed by atoms with van der Waals surface area (Å²) in [5, 5.41) is 8.74. The molecule has 1 aliphatic rings. The van der Waals surface area contributed by atoms with Crippen molar-refractivity contribution in [1.29, 1.82) is 0 Å². The largest absolute Gasteiger partial charge is 0.394 e. The quantitative estimate of drug-likeness (QED) is 0.816. The Bertz CT molecular complexity index is 450. The highest BCUT2D eigenvalue weighted by atomic mass is 32.1. The van der Waals surface area contributed by atoms with Crippen molar-refractivity contribution >= 4 is 17.1 Å². The number of ketones is 1. The lowest BCUT2D eigenvalue weighted by atomic mass is 10.1. The molecule has 0 amide bonds. The van der Waals surface area contributed by atoms with Gasteiger partial charge in [0.15, 0.2) is 5.78 Å². The minimum absolute atomic E-state index is 0.0789. The number of ether oxygens (including phenoxy) is 1. The number of aliphatic hydroxyl groups is 1. The van der Waals surface area contributed by atoms with E-state index in [0.717, 1.165) is 36.4 Å². The van der Waals surface area contributed by atoms with Crippen molar-refractivity contribution in [2.24, 2.45) is 0 Å². The SMILES string of the molecule is Cc1cc(C(=O)CN2CCC(OCCO)CC2)c(C)s1. The molecule has 20 heavy (non-hydrogen) atoms. The van der Waals surface area contributed by atoms with Crippen molar-refractivity contribution in [2.75, 3.05) is 32.8 Å². The molecule has 0 atom stereocenters. The van der Waals surface area contributed by atoms with Gasteiger partial charge in [-0.25, -0.2) is 0 Å². The van der Waals surface area contributed by atoms with Gasteiger partial charge >= 0.3 is 0 Å². The number of aryl methyl sites for hydroxylation is 2. The maximum Gasteiger partial charge on any atom is 0.177 e. The monoisotopic (exact) mass is 297 g/mol. The molecule has 0 radical (unpaired) electrons. The van der Waals surface area contributed by atoms with Crippen LogP contribution in [0.5, 0.6) is 0 Å². The van der Waals surface area contributed by atoms with Gasteiger partial charge in [0.05, 0.1) is 25.9 Å². The lowest BCUT2D eigenvalue weighted by Gasteiger charge is -2.31. The zero-order chi connectivity index (χ0) is 14.5. The van der Waals surface area contributed by atoms with E-state index >= 15 is 0 Å². The van der Waals surface area contributed by atoms with Crippen LogP contribution in [0.25, 0.3) is 0 Å². The molecule has 2 rings (SSSR count). The molecule has 1 aromatic heterocycles. The van der Waals surface area contributed by atoms with Crippen molar-refractivity contribution in [1.82, 2.24) is 4.90 Å². The fourth-order valence-corrected chi connectivity index (χ4v) is 3.59. The van der Waals surface area contributed by atoms with Gasteiger partial charge in [-0.2, -0.15) is 0 Å². The molecule has 0 aromatic carbocycles. The maximum atomic E-state index is 12.3. The summed E-state index contributed by atoms with van der Waals surface area (Å²) < 4.78 is 5.53. The Morgan fingerprint density at radius 1 is 1.45 bits per heavy atom. The van der Waals surface area contributed by atoms with E-state index in [4.69, 9.17) is 9.84 Å². The molecule has 1 aromatic rings. The van der Waals surface area contributed by atoms with Gasteiger partial charge in [0.25, 0.3) is 0 Å². The Kier molecular flexibility index (Phi) is 5.72. The number of Topliss-reactive ketones (excluding diaryl/α,β-unsaturated/α-hetero) is 1. The van der Waals surface area contributed by atoms with E-state index in [1.807, 2.05) is 19.9 Å². The normalized spacial score (nSPS) is 17.6. The second kappa shape index (κ2) is 7.31. The molecule has 0 spiro atoms. The first-order chi connectivity index (χ1) is 9.60. The van der Waals surface area contributed by atoms with E-state index < -0.39 is 0 Å². The van der Waals surface area contributed by atoms with Crippen molar-refractivity contribution < 1.29 is 14.6 Å². The van der Waals surface area contributed by atoms with E-state index in [2.05, 4.69) is 4.90 Å². The molecule has 0 unspecified atom stereocenters. The molecule has 2 heterocycles. The van der Waals surface area contributed by atoms with Crippen LogP contribution in [0.2, 0.25) is 0 Å². The summed E-state index contributed by atoms with van der Waals surface area (Å²) in [7, 11) is 0. The number of rotatable bonds is 6. The molecular formula is C15H23NO3S. The van der Waals surface area contributed by atoms with E-state index in [9.17, 15) is 4.79 Å². The summed E-state index contributed by atoms with van der Waals surface area (Å²) in [6.07, 6.45) is 2.11. The van der Waals surface area contributed by atoms with Gasteiger partial charge in [-0.15, -0.1) is 11.3 Å². The summed E-state index contributed by atoms with van der Waals surface area (Å²) in [5.74, 6) is 0.224. The van der Waals surface area contributed by atoms with Crippen molar-refractivity contribution in [3.05, 3.63) is 21.4 Å². The lowest BCUT2D eigenvalue weighted by molar-refractivity contribution is -0.00689. The molecule has 1 N–H and O–H groups in total. The number of hydrogen-bond acceptors (Lipinski definition) is 5. The summed E-state index contributed by atoms with van der Waals surface area (Å²) in [4.78, 5) is 16.8. The summed E-state index contributed by atoms with van der Waals surface area (Å²) in [6, 6.07) is 2.00. The van der Waals surface area contributed by atoms with Crippen LogP contribution in [-0.2, 0) is 4.74 Å². The van der Waals surface area contributed by atoms with Crippen LogP contribution < -0.4 is 0 Å². The van der Waals surface area contributed by atoms with Crippen LogP contribution in [0.15, 0.2) is 6.07 Å². The lowest BCUT2D eigenvalue weighted by Crippen LogP contribution is -2.40. The Morgan fingerprint density at radius 2 is 2.15 bits per heavy atom. The highest BCUT2D eigenvalue weighted by Crippen LogP contribution is 2.22. The molecule has 1 aliphatic heterocycles. The number of carbonyl (C=O) groups is 1. The van der Waals surface area contributed by atoms with Crippen LogP contribution >= 0.6 is 11.3 Å². The summed E-state index contributed by atoms with van der Waals surface area (Å²) >= 11 is 1.69. The number of aliphatic hydroxyl groups excluding tert-OH is 1. The van der Waals surface area contributed by atoms with Crippen molar-refractivity contribution in [2.45, 2.75) is 32.8 Å². The zero-order valence-electron chi connectivity index (χ0n) is 12.2. The number of carbonyl (C=O) groups excluding carboxylic acids is 1. The first-order valence-corrected chi connectivity index (χ1v) is 7.97. The highest BCUT2D eigenvalue weighted by molar-refractivity contribution is 7.12. The Balaban J connectivity index is 1.80. The number of hydrogen-bond donors (Lipinski definition) is 1. The highest BCUT2D eigenvalue weighted by Gasteiger charge is 2.22. The minimum Gasteiger partial charge on any atom is -0.394 e. The zero-order valence-corrected chi connectivity index (χ0v) is 13.0. The number of nitrogens with zero attached hydrogens (tertiary/aromatic N) is 1. The van der Waals surface area contributed by atoms with Gasteiger partial charge in [0, 0.05) is 28.4 Å². The Morgan fingerprint density at radius 3 is 2.70 bits per heavy atom. The number of likely N-dealkylation sites (tertiary alicyclic amines) is 1. The van der Waals surface area contributed by atoms with Crippen molar-refractivity contribution in [3.8, 4) is 0 Å². The van der Waals surface area contributed by atoms with Gasteiger partial charge in [0.1, 0.15) is 0 Å². The summed E-state index contributed by atoms with van der Waals surface area (Å²) in [6.45, 7) is 6.84. The van der Waals surface area contributed by atoms with E-state index in [-0.39, 0.29) is 18.5 Å². The molecule has 112 valence electrons. The third-order valence-electron chi connectivity index (χ3n) is 3.69. The van der Waals surface area contributed by atoms with Crippen molar-refractivity contribution in [3.63, 3.8) is 0 Å². The van der Waals surface area contributed by atoms with Crippen LogP contribution in [-0.4, -0.2) is 54.7 Å². The van der Waals surface area contributed by atoms with Gasteiger partial charge in [-0.3, -0.25) is 9.69 Å². The van der Waals surface area contributed by atoms with Gasteiger partial charge < -0.3 is 9.84 Å². The number of piperidine rings is 1. The van der Waals surface area contributed by atoms with E-state index in [1.54, 1.807) is 11.3 Å².